The quantitative estimate of drug-likeness (QED) is 0.501. The maximum atomic E-state index is 11.6. The van der Waals surface area contributed by atoms with Crippen molar-refractivity contribution >= 4 is 26.8 Å². The fourth-order valence-corrected chi connectivity index (χ4v) is 3.16. The van der Waals surface area contributed by atoms with E-state index < -0.39 is 15.7 Å². The SMILES string of the molecule is CS(=O)(=O)c1cccc(OCCn2ccc3ncc(C(=O)NO)cc32)c1. The van der Waals surface area contributed by atoms with E-state index >= 15 is 0 Å². The van der Waals surface area contributed by atoms with Crippen LogP contribution >= 0.6 is 0 Å². The highest BCUT2D eigenvalue weighted by atomic mass is 32.2. The summed E-state index contributed by atoms with van der Waals surface area (Å²) in [6.07, 6.45) is 4.34. The Morgan fingerprint density at radius 1 is 1.31 bits per heavy atom. The Morgan fingerprint density at radius 3 is 2.85 bits per heavy atom. The van der Waals surface area contributed by atoms with Crippen LogP contribution in [-0.2, 0) is 16.4 Å². The smallest absolute Gasteiger partial charge is 0.276 e. The van der Waals surface area contributed by atoms with Crippen molar-refractivity contribution in [1.82, 2.24) is 15.0 Å². The molecule has 0 aliphatic heterocycles. The average molecular weight is 375 g/mol. The highest BCUT2D eigenvalue weighted by Gasteiger charge is 2.10. The molecule has 2 heterocycles. The number of nitrogens with one attached hydrogen (secondary N) is 1. The van der Waals surface area contributed by atoms with E-state index in [1.54, 1.807) is 29.7 Å². The second kappa shape index (κ2) is 7.14. The molecule has 0 atom stereocenters. The van der Waals surface area contributed by atoms with Crippen LogP contribution < -0.4 is 10.2 Å². The molecule has 0 saturated carbocycles. The molecule has 0 aliphatic carbocycles. The van der Waals surface area contributed by atoms with Gasteiger partial charge in [-0.1, -0.05) is 6.07 Å². The predicted octanol–water partition coefficient (Wildman–Crippen LogP) is 1.64. The largest absolute Gasteiger partial charge is 0.492 e. The van der Waals surface area contributed by atoms with E-state index in [4.69, 9.17) is 9.94 Å². The number of nitrogens with zero attached hydrogens (tertiary/aromatic N) is 2. The first kappa shape index (κ1) is 17.9. The standard InChI is InChI=1S/C17H17N3O5S/c1-26(23,24)14-4-2-3-13(10-14)25-8-7-20-6-5-15-16(20)9-12(11-18-15)17(21)19-22/h2-6,9-11,22H,7-8H2,1H3,(H,19,21). The maximum absolute atomic E-state index is 11.6. The van der Waals surface area contributed by atoms with Gasteiger partial charge >= 0.3 is 0 Å². The molecule has 0 fully saturated rings. The number of pyridine rings is 1. The van der Waals surface area contributed by atoms with Crippen LogP contribution in [0.5, 0.6) is 5.75 Å². The molecule has 1 aromatic carbocycles. The number of ether oxygens (including phenoxy) is 1. The van der Waals surface area contributed by atoms with E-state index in [-0.39, 0.29) is 10.5 Å². The van der Waals surface area contributed by atoms with Crippen molar-refractivity contribution in [2.75, 3.05) is 12.9 Å². The highest BCUT2D eigenvalue weighted by Crippen LogP contribution is 2.18. The van der Waals surface area contributed by atoms with Gasteiger partial charge in [-0.3, -0.25) is 15.0 Å². The first-order valence-corrected chi connectivity index (χ1v) is 9.60. The van der Waals surface area contributed by atoms with Crippen LogP contribution in [-0.4, -0.2) is 41.9 Å². The lowest BCUT2D eigenvalue weighted by molar-refractivity contribution is 0.0706. The van der Waals surface area contributed by atoms with Gasteiger partial charge in [0.15, 0.2) is 9.84 Å². The van der Waals surface area contributed by atoms with Gasteiger partial charge in [-0.2, -0.15) is 0 Å². The number of fused-ring (bicyclic) bond motifs is 1. The lowest BCUT2D eigenvalue weighted by atomic mass is 10.2. The fourth-order valence-electron chi connectivity index (χ4n) is 2.50. The third kappa shape index (κ3) is 3.84. The highest BCUT2D eigenvalue weighted by molar-refractivity contribution is 7.90. The predicted molar refractivity (Wildman–Crippen MR) is 94.0 cm³/mol. The Morgan fingerprint density at radius 2 is 2.12 bits per heavy atom. The molecule has 0 unspecified atom stereocenters. The number of carbonyl (C=O) groups is 1. The fraction of sp³-hybridized carbons (Fsp3) is 0.176. The zero-order chi connectivity index (χ0) is 18.7. The third-order valence-corrected chi connectivity index (χ3v) is 4.93. The average Bonchev–Trinajstić information content (AvgIpc) is 3.03. The van der Waals surface area contributed by atoms with Crippen LogP contribution in [0.15, 0.2) is 53.7 Å². The molecule has 0 spiro atoms. The van der Waals surface area contributed by atoms with Crippen LogP contribution in [0.3, 0.4) is 0 Å². The van der Waals surface area contributed by atoms with Crippen LogP contribution in [0.4, 0.5) is 0 Å². The van der Waals surface area contributed by atoms with E-state index in [0.29, 0.717) is 24.4 Å². The van der Waals surface area contributed by atoms with Gasteiger partial charge in [0.25, 0.3) is 5.91 Å². The van der Waals surface area contributed by atoms with Crippen molar-refractivity contribution in [2.45, 2.75) is 11.4 Å². The number of carbonyl (C=O) groups excluding carboxylic acids is 1. The molecule has 0 saturated heterocycles. The molecule has 3 rings (SSSR count). The molecule has 26 heavy (non-hydrogen) atoms. The van der Waals surface area contributed by atoms with Crippen molar-refractivity contribution in [3.05, 3.63) is 54.4 Å². The van der Waals surface area contributed by atoms with Gasteiger partial charge < -0.3 is 9.30 Å². The number of benzene rings is 1. The van der Waals surface area contributed by atoms with E-state index in [2.05, 4.69) is 4.98 Å². The van der Waals surface area contributed by atoms with Crippen molar-refractivity contribution in [2.24, 2.45) is 0 Å². The number of aromatic nitrogens is 2. The van der Waals surface area contributed by atoms with E-state index in [1.165, 1.54) is 18.3 Å². The first-order chi connectivity index (χ1) is 12.4. The van der Waals surface area contributed by atoms with E-state index in [1.807, 2.05) is 10.8 Å². The summed E-state index contributed by atoms with van der Waals surface area (Å²) < 4.78 is 30.7. The normalized spacial score (nSPS) is 11.5. The van der Waals surface area contributed by atoms with Gasteiger partial charge in [-0.25, -0.2) is 13.9 Å². The third-order valence-electron chi connectivity index (χ3n) is 3.82. The molecule has 0 bridgehead atoms. The van der Waals surface area contributed by atoms with Crippen molar-refractivity contribution < 1.29 is 23.2 Å². The molecular formula is C17H17N3O5S. The Labute approximate surface area is 149 Å². The summed E-state index contributed by atoms with van der Waals surface area (Å²) in [6.45, 7) is 0.770. The number of hydrogen-bond acceptors (Lipinski definition) is 6. The number of sulfone groups is 1. The summed E-state index contributed by atoms with van der Waals surface area (Å²) in [6, 6.07) is 9.74. The summed E-state index contributed by atoms with van der Waals surface area (Å²) in [4.78, 5) is 15.9. The van der Waals surface area contributed by atoms with E-state index in [0.717, 1.165) is 11.8 Å². The minimum atomic E-state index is -3.29. The van der Waals surface area contributed by atoms with Gasteiger partial charge in [-0.15, -0.1) is 0 Å². The molecule has 3 aromatic rings. The molecular weight excluding hydrogens is 358 g/mol. The molecule has 2 N–H and O–H groups in total. The summed E-state index contributed by atoms with van der Waals surface area (Å²) in [5.41, 5.74) is 3.24. The summed E-state index contributed by atoms with van der Waals surface area (Å²) in [5.74, 6) is -0.177. The maximum Gasteiger partial charge on any atom is 0.276 e. The van der Waals surface area contributed by atoms with Gasteiger partial charge in [0, 0.05) is 18.6 Å². The Hall–Kier alpha value is -2.91. The minimum Gasteiger partial charge on any atom is -0.492 e. The van der Waals surface area contributed by atoms with Crippen LogP contribution in [0.2, 0.25) is 0 Å². The minimum absolute atomic E-state index is 0.199. The van der Waals surface area contributed by atoms with Gasteiger partial charge in [0.1, 0.15) is 12.4 Å². The Bertz CT molecular complexity index is 1060. The number of hydroxylamine groups is 1. The summed E-state index contributed by atoms with van der Waals surface area (Å²) >= 11 is 0. The van der Waals surface area contributed by atoms with Crippen LogP contribution in [0.1, 0.15) is 10.4 Å². The lowest BCUT2D eigenvalue weighted by Crippen LogP contribution is -2.18. The van der Waals surface area contributed by atoms with Crippen LogP contribution in [0, 0.1) is 0 Å². The second-order valence-corrected chi connectivity index (χ2v) is 7.69. The Kier molecular flexibility index (Phi) is 4.92. The Balaban J connectivity index is 1.73. The molecule has 1 amide bonds. The summed E-state index contributed by atoms with van der Waals surface area (Å²) in [7, 11) is -3.29. The molecule has 0 aliphatic rings. The zero-order valence-corrected chi connectivity index (χ0v) is 14.7. The van der Waals surface area contributed by atoms with Crippen molar-refractivity contribution in [1.29, 1.82) is 0 Å². The molecule has 136 valence electrons. The molecule has 2 aromatic heterocycles. The van der Waals surface area contributed by atoms with Crippen molar-refractivity contribution in [3.63, 3.8) is 0 Å². The van der Waals surface area contributed by atoms with E-state index in [9.17, 15) is 13.2 Å². The van der Waals surface area contributed by atoms with Gasteiger partial charge in [0.2, 0.25) is 0 Å². The van der Waals surface area contributed by atoms with Crippen LogP contribution in [0.25, 0.3) is 11.0 Å². The number of hydrogen-bond donors (Lipinski definition) is 2. The molecule has 9 heteroatoms. The van der Waals surface area contributed by atoms with Gasteiger partial charge in [0.05, 0.1) is 28.0 Å². The second-order valence-electron chi connectivity index (χ2n) is 5.67. The summed E-state index contributed by atoms with van der Waals surface area (Å²) in [5, 5.41) is 8.73. The van der Waals surface area contributed by atoms with Crippen molar-refractivity contribution in [3.8, 4) is 5.75 Å². The monoisotopic (exact) mass is 375 g/mol. The number of amides is 1. The zero-order valence-electron chi connectivity index (χ0n) is 13.9. The topological polar surface area (TPSA) is 111 Å². The molecule has 0 radical (unpaired) electrons. The number of rotatable bonds is 6. The lowest BCUT2D eigenvalue weighted by Gasteiger charge is -2.09. The first-order valence-electron chi connectivity index (χ1n) is 7.71. The molecule has 8 nitrogen and oxygen atoms in total. The van der Waals surface area contributed by atoms with Gasteiger partial charge in [-0.05, 0) is 30.3 Å².